The molecule has 3 heterocycles. The van der Waals surface area contributed by atoms with E-state index in [1.165, 1.54) is 0 Å². The van der Waals surface area contributed by atoms with Crippen molar-refractivity contribution < 1.29 is 17.9 Å². The Morgan fingerprint density at radius 1 is 1.00 bits per heavy atom. The van der Waals surface area contributed by atoms with Gasteiger partial charge in [0, 0.05) is 37.9 Å². The molecule has 3 fully saturated rings. The van der Waals surface area contributed by atoms with Gasteiger partial charge in [-0.2, -0.15) is 13.2 Å². The van der Waals surface area contributed by atoms with Gasteiger partial charge in [-0.25, -0.2) is 0 Å². The van der Waals surface area contributed by atoms with Crippen LogP contribution < -0.4 is 5.32 Å². The molecule has 5 nitrogen and oxygen atoms in total. The van der Waals surface area contributed by atoms with Crippen molar-refractivity contribution in [1.29, 1.82) is 0 Å². The molecule has 5 rings (SSSR count). The topological polar surface area (TPSA) is 50.3 Å². The molecular formula is C26H31B2F3N4O. The molecule has 1 aromatic heterocycles. The van der Waals surface area contributed by atoms with Crippen molar-refractivity contribution in [1.82, 2.24) is 15.1 Å². The number of anilines is 1. The van der Waals surface area contributed by atoms with E-state index < -0.39 is 17.1 Å². The summed E-state index contributed by atoms with van der Waals surface area (Å²) in [6.07, 6.45) is -1.34. The first kappa shape index (κ1) is 25.6. The molecule has 3 atom stereocenters. The Bertz CT molecular complexity index is 1090. The van der Waals surface area contributed by atoms with Crippen LogP contribution >= 0.6 is 0 Å². The van der Waals surface area contributed by atoms with Gasteiger partial charge >= 0.3 is 6.18 Å². The summed E-state index contributed by atoms with van der Waals surface area (Å²) in [6, 6.07) is 6.59. The fourth-order valence-electron chi connectivity index (χ4n) is 6.29. The van der Waals surface area contributed by atoms with Gasteiger partial charge in [0.2, 0.25) is 0 Å². The van der Waals surface area contributed by atoms with E-state index in [0.717, 1.165) is 56.0 Å². The van der Waals surface area contributed by atoms with Crippen LogP contribution in [0.5, 0.6) is 0 Å². The summed E-state index contributed by atoms with van der Waals surface area (Å²) in [7, 11) is 13.2. The molecule has 36 heavy (non-hydrogen) atoms. The Morgan fingerprint density at radius 3 is 2.28 bits per heavy atom. The van der Waals surface area contributed by atoms with Crippen molar-refractivity contribution in [3.63, 3.8) is 0 Å². The largest absolute Gasteiger partial charge is 0.420 e. The minimum absolute atomic E-state index is 0.0995. The van der Waals surface area contributed by atoms with Crippen LogP contribution in [-0.2, 0) is 10.9 Å². The van der Waals surface area contributed by atoms with Crippen LogP contribution in [-0.4, -0.2) is 68.5 Å². The zero-order chi connectivity index (χ0) is 25.7. The van der Waals surface area contributed by atoms with Crippen LogP contribution in [0, 0.1) is 31.6 Å². The number of likely N-dealkylation sites (tertiary alicyclic amines) is 1. The predicted molar refractivity (Wildman–Crippen MR) is 135 cm³/mol. The molecule has 3 aliphatic rings. The van der Waals surface area contributed by atoms with Crippen LogP contribution in [0.4, 0.5) is 19.0 Å². The highest BCUT2D eigenvalue weighted by atomic mass is 19.4. The zero-order valence-corrected chi connectivity index (χ0v) is 20.8. The molecule has 4 radical (unpaired) electrons. The van der Waals surface area contributed by atoms with Crippen LogP contribution in [0.2, 0.25) is 0 Å². The number of ether oxygens (including phenoxy) is 1. The highest BCUT2D eigenvalue weighted by Gasteiger charge is 2.47. The van der Waals surface area contributed by atoms with E-state index in [4.69, 9.17) is 20.4 Å². The van der Waals surface area contributed by atoms with Crippen molar-refractivity contribution in [3.05, 3.63) is 41.0 Å². The molecule has 2 saturated heterocycles. The monoisotopic (exact) mass is 494 g/mol. The maximum absolute atomic E-state index is 14.0. The van der Waals surface area contributed by atoms with E-state index >= 15 is 0 Å². The highest BCUT2D eigenvalue weighted by molar-refractivity contribution is 6.40. The number of aryl methyl sites for hydroxylation is 2. The summed E-state index contributed by atoms with van der Waals surface area (Å²) < 4.78 is 47.5. The number of benzene rings is 1. The third-order valence-electron chi connectivity index (χ3n) is 8.27. The van der Waals surface area contributed by atoms with Gasteiger partial charge in [-0.05, 0) is 68.9 Å². The van der Waals surface area contributed by atoms with E-state index in [9.17, 15) is 13.2 Å². The van der Waals surface area contributed by atoms with Crippen molar-refractivity contribution in [2.75, 3.05) is 31.6 Å². The normalized spacial score (nSPS) is 25.8. The standard InChI is InChI=1S/C26H31B2F3N4O/c1-15-3-4-21(16(2)9-15)23-12-22(26(29,30)31)24(34-33-23)32-20-10-17-13-35(14-18(17)11-20)25(27,28)19-5-7-36-8-6-19/h3-4,9,12,17-20H,5-8,10-11,13-14H2,1-2H3,(H,32,34)/t17-,18+,20?. The number of nitrogens with zero attached hydrogens (tertiary/aromatic N) is 3. The quantitative estimate of drug-likeness (QED) is 0.628. The van der Waals surface area contributed by atoms with Gasteiger partial charge in [-0.3, -0.25) is 0 Å². The van der Waals surface area contributed by atoms with Gasteiger partial charge in [0.1, 0.15) is 5.56 Å². The molecule has 0 spiro atoms. The molecule has 1 N–H and O–H groups in total. The van der Waals surface area contributed by atoms with Crippen molar-refractivity contribution in [3.8, 4) is 11.3 Å². The average Bonchev–Trinajstić information content (AvgIpc) is 3.39. The number of nitrogens with one attached hydrogen (secondary N) is 1. The second-order valence-electron chi connectivity index (χ2n) is 10.8. The Balaban J connectivity index is 1.28. The summed E-state index contributed by atoms with van der Waals surface area (Å²) in [4.78, 5) is 2.17. The molecular weight excluding hydrogens is 463 g/mol. The van der Waals surface area contributed by atoms with Gasteiger partial charge in [0.05, 0.1) is 21.4 Å². The van der Waals surface area contributed by atoms with Crippen LogP contribution in [0.15, 0.2) is 24.3 Å². The third kappa shape index (κ3) is 5.03. The van der Waals surface area contributed by atoms with E-state index in [-0.39, 0.29) is 23.5 Å². The van der Waals surface area contributed by atoms with Gasteiger partial charge in [0.25, 0.3) is 0 Å². The van der Waals surface area contributed by atoms with Crippen molar-refractivity contribution >= 4 is 21.5 Å². The number of fused-ring (bicyclic) bond motifs is 1. The number of hydrogen-bond donors (Lipinski definition) is 1. The van der Waals surface area contributed by atoms with Crippen LogP contribution in [0.3, 0.4) is 0 Å². The summed E-state index contributed by atoms with van der Waals surface area (Å²) in [5.41, 5.74) is 1.99. The summed E-state index contributed by atoms with van der Waals surface area (Å²) in [5.74, 6) is 0.655. The summed E-state index contributed by atoms with van der Waals surface area (Å²) in [6.45, 7) is 6.69. The van der Waals surface area contributed by atoms with Crippen molar-refractivity contribution in [2.24, 2.45) is 17.8 Å². The van der Waals surface area contributed by atoms with E-state index in [1.54, 1.807) is 6.07 Å². The lowest BCUT2D eigenvalue weighted by Gasteiger charge is -2.45. The number of hydrogen-bond acceptors (Lipinski definition) is 5. The molecule has 0 amide bonds. The molecule has 1 unspecified atom stereocenters. The maximum Gasteiger partial charge on any atom is 0.420 e. The predicted octanol–water partition coefficient (Wildman–Crippen LogP) is 4.32. The molecule has 1 saturated carbocycles. The van der Waals surface area contributed by atoms with Gasteiger partial charge < -0.3 is 15.0 Å². The Kier molecular flexibility index (Phi) is 6.87. The molecule has 2 aliphatic heterocycles. The third-order valence-corrected chi connectivity index (χ3v) is 8.27. The van der Waals surface area contributed by atoms with Gasteiger partial charge in [-0.15, -0.1) is 10.2 Å². The van der Waals surface area contributed by atoms with Crippen LogP contribution in [0.25, 0.3) is 11.3 Å². The number of aromatic nitrogens is 2. The molecule has 1 aromatic carbocycles. The minimum Gasteiger partial charge on any atom is -0.381 e. The van der Waals surface area contributed by atoms with E-state index in [0.29, 0.717) is 30.6 Å². The number of halogens is 3. The molecule has 188 valence electrons. The Morgan fingerprint density at radius 2 is 1.67 bits per heavy atom. The molecule has 10 heteroatoms. The lowest BCUT2D eigenvalue weighted by molar-refractivity contribution is -0.137. The van der Waals surface area contributed by atoms with Gasteiger partial charge in [0.15, 0.2) is 5.82 Å². The maximum atomic E-state index is 14.0. The average molecular weight is 494 g/mol. The van der Waals surface area contributed by atoms with E-state index in [1.807, 2.05) is 26.0 Å². The molecule has 0 bridgehead atoms. The smallest absolute Gasteiger partial charge is 0.381 e. The minimum atomic E-state index is -4.54. The Hall–Kier alpha value is -2.06. The van der Waals surface area contributed by atoms with E-state index in [2.05, 4.69) is 20.4 Å². The number of rotatable bonds is 5. The van der Waals surface area contributed by atoms with Crippen LogP contribution in [0.1, 0.15) is 42.4 Å². The fourth-order valence-corrected chi connectivity index (χ4v) is 6.29. The highest BCUT2D eigenvalue weighted by Crippen LogP contribution is 2.44. The van der Waals surface area contributed by atoms with Crippen molar-refractivity contribution in [2.45, 2.75) is 57.1 Å². The first-order valence-corrected chi connectivity index (χ1v) is 12.7. The Labute approximate surface area is 213 Å². The SMILES string of the molecule is [B]C([B])(C1CCOCC1)N1C[C@H]2CC(Nc3nnc(-c4ccc(C)cc4C)cc3C(F)(F)F)C[C@H]2C1. The number of alkyl halides is 3. The lowest BCUT2D eigenvalue weighted by Crippen LogP contribution is -2.56. The first-order chi connectivity index (χ1) is 17.0. The first-order valence-electron chi connectivity index (χ1n) is 12.7. The fraction of sp³-hybridized carbons (Fsp3) is 0.615. The molecule has 1 aliphatic carbocycles. The molecule has 2 aromatic rings. The zero-order valence-electron chi connectivity index (χ0n) is 20.8. The second kappa shape index (κ2) is 9.67. The second-order valence-corrected chi connectivity index (χ2v) is 10.8. The summed E-state index contributed by atoms with van der Waals surface area (Å²) >= 11 is 0. The lowest BCUT2D eigenvalue weighted by atomic mass is 9.52. The summed E-state index contributed by atoms with van der Waals surface area (Å²) in [5, 5.41) is 10.4. The van der Waals surface area contributed by atoms with Gasteiger partial charge in [-0.1, -0.05) is 29.1 Å².